The minimum absolute atomic E-state index is 0.0793. The van der Waals surface area contributed by atoms with Gasteiger partial charge in [0.1, 0.15) is 5.25 Å². The van der Waals surface area contributed by atoms with Crippen LogP contribution in [0, 0.1) is 0 Å². The van der Waals surface area contributed by atoms with E-state index in [1.165, 1.54) is 27.9 Å². The molecule has 1 atom stereocenters. The Morgan fingerprint density at radius 2 is 2.00 bits per heavy atom. The van der Waals surface area contributed by atoms with Crippen molar-refractivity contribution in [3.8, 4) is 0 Å². The Kier molecular flexibility index (Phi) is 7.61. The fourth-order valence-corrected chi connectivity index (χ4v) is 6.06. The molecule has 0 saturated heterocycles. The highest BCUT2D eigenvalue weighted by Gasteiger charge is 2.32. The minimum atomic E-state index is -3.87. The maximum absolute atomic E-state index is 13.6. The van der Waals surface area contributed by atoms with E-state index in [1.54, 1.807) is 54.0 Å². The molecule has 1 aromatic carbocycles. The van der Waals surface area contributed by atoms with E-state index in [2.05, 4.69) is 11.6 Å². The summed E-state index contributed by atoms with van der Waals surface area (Å²) in [7, 11) is -3.87. The number of hydrogen-bond donors (Lipinski definition) is 1. The van der Waals surface area contributed by atoms with Gasteiger partial charge in [-0.25, -0.2) is 8.42 Å². The van der Waals surface area contributed by atoms with Crippen LogP contribution in [0.25, 0.3) is 0 Å². The van der Waals surface area contributed by atoms with Crippen LogP contribution in [0.4, 0.5) is 0 Å². The Hall–Kier alpha value is -2.52. The highest BCUT2D eigenvalue weighted by molar-refractivity contribution is 7.89. The molecule has 0 amide bonds. The van der Waals surface area contributed by atoms with E-state index in [9.17, 15) is 13.2 Å². The van der Waals surface area contributed by atoms with Crippen LogP contribution in [0.3, 0.4) is 0 Å². The third-order valence-electron chi connectivity index (χ3n) is 4.57. The van der Waals surface area contributed by atoms with Gasteiger partial charge in [0.2, 0.25) is 10.0 Å². The van der Waals surface area contributed by atoms with Gasteiger partial charge in [0.25, 0.3) is 0 Å². The number of benzene rings is 1. The van der Waals surface area contributed by atoms with Gasteiger partial charge in [0, 0.05) is 35.7 Å². The number of rotatable bonds is 10. The van der Waals surface area contributed by atoms with Gasteiger partial charge in [-0.3, -0.25) is 9.78 Å². The number of nitrogens with zero attached hydrogens (tertiary/aromatic N) is 2. The standard InChI is InChI=1S/C22H21ClN2O4S2/c1-2-21(18-7-4-8-24-12-18)31(28,29)25(14-20-11-19(23)15-30-20)13-17-6-3-5-16(9-17)10-22(26)27/h2-9,11-12,15,21H,1,10,13-14H2,(H,26,27). The largest absolute Gasteiger partial charge is 0.481 e. The minimum Gasteiger partial charge on any atom is -0.481 e. The number of thiophene rings is 1. The zero-order chi connectivity index (χ0) is 22.4. The molecule has 0 saturated carbocycles. The van der Waals surface area contributed by atoms with Crippen molar-refractivity contribution >= 4 is 38.9 Å². The molecule has 0 radical (unpaired) electrons. The summed E-state index contributed by atoms with van der Waals surface area (Å²) in [5.41, 5.74) is 1.82. The van der Waals surface area contributed by atoms with Crippen LogP contribution >= 0.6 is 22.9 Å². The summed E-state index contributed by atoms with van der Waals surface area (Å²) >= 11 is 7.41. The monoisotopic (exact) mass is 476 g/mol. The van der Waals surface area contributed by atoms with Gasteiger partial charge in [-0.1, -0.05) is 48.0 Å². The summed E-state index contributed by atoms with van der Waals surface area (Å²) in [5.74, 6) is -0.946. The highest BCUT2D eigenvalue weighted by Crippen LogP contribution is 2.30. The maximum Gasteiger partial charge on any atom is 0.307 e. The van der Waals surface area contributed by atoms with Crippen molar-refractivity contribution in [3.05, 3.63) is 99.5 Å². The van der Waals surface area contributed by atoms with Gasteiger partial charge >= 0.3 is 5.97 Å². The first-order valence-corrected chi connectivity index (χ1v) is 12.1. The molecule has 0 aliphatic heterocycles. The molecule has 2 aromatic heterocycles. The molecule has 1 unspecified atom stereocenters. The van der Waals surface area contributed by atoms with E-state index in [-0.39, 0.29) is 19.5 Å². The van der Waals surface area contributed by atoms with Gasteiger partial charge in [0.05, 0.1) is 11.4 Å². The number of carbonyl (C=O) groups is 1. The van der Waals surface area contributed by atoms with Crippen LogP contribution < -0.4 is 0 Å². The fraction of sp³-hybridized carbons (Fsp3) is 0.182. The normalized spacial score (nSPS) is 12.6. The third kappa shape index (κ3) is 6.01. The lowest BCUT2D eigenvalue weighted by Crippen LogP contribution is -2.33. The summed E-state index contributed by atoms with van der Waals surface area (Å²) in [5, 5.41) is 10.4. The Labute approximate surface area is 190 Å². The van der Waals surface area contributed by atoms with Crippen molar-refractivity contribution in [1.29, 1.82) is 0 Å². The Morgan fingerprint density at radius 1 is 1.23 bits per heavy atom. The average Bonchev–Trinajstić information content (AvgIpc) is 3.13. The molecule has 3 rings (SSSR count). The number of halogens is 1. The number of carboxylic acid groups (broad SMARTS) is 1. The summed E-state index contributed by atoms with van der Waals surface area (Å²) in [6, 6.07) is 12.0. The molecular weight excluding hydrogens is 456 g/mol. The summed E-state index contributed by atoms with van der Waals surface area (Å²) in [4.78, 5) is 15.9. The van der Waals surface area contributed by atoms with Crippen molar-refractivity contribution < 1.29 is 18.3 Å². The topological polar surface area (TPSA) is 87.6 Å². The van der Waals surface area contributed by atoms with E-state index in [1.807, 2.05) is 0 Å². The molecule has 1 N–H and O–H groups in total. The van der Waals surface area contributed by atoms with Crippen molar-refractivity contribution in [2.45, 2.75) is 24.8 Å². The number of sulfonamides is 1. The molecule has 6 nitrogen and oxygen atoms in total. The molecule has 0 aliphatic carbocycles. The zero-order valence-electron chi connectivity index (χ0n) is 16.5. The number of aromatic nitrogens is 1. The first-order chi connectivity index (χ1) is 14.8. The average molecular weight is 477 g/mol. The van der Waals surface area contributed by atoms with Gasteiger partial charge in [-0.05, 0) is 28.8 Å². The van der Waals surface area contributed by atoms with Crippen LogP contribution in [0.5, 0.6) is 0 Å². The molecule has 0 aliphatic rings. The molecule has 162 valence electrons. The lowest BCUT2D eigenvalue weighted by Gasteiger charge is -2.26. The number of carboxylic acids is 1. The molecule has 31 heavy (non-hydrogen) atoms. The smallest absolute Gasteiger partial charge is 0.307 e. The third-order valence-corrected chi connectivity index (χ3v) is 7.92. The van der Waals surface area contributed by atoms with E-state index >= 15 is 0 Å². The lowest BCUT2D eigenvalue weighted by molar-refractivity contribution is -0.136. The van der Waals surface area contributed by atoms with Crippen LogP contribution in [-0.2, 0) is 34.3 Å². The second kappa shape index (κ2) is 10.2. The quantitative estimate of drug-likeness (QED) is 0.429. The molecule has 0 fully saturated rings. The van der Waals surface area contributed by atoms with Crippen molar-refractivity contribution in [2.24, 2.45) is 0 Å². The second-order valence-electron chi connectivity index (χ2n) is 6.88. The highest BCUT2D eigenvalue weighted by atomic mass is 35.5. The van der Waals surface area contributed by atoms with E-state index in [0.29, 0.717) is 21.7 Å². The van der Waals surface area contributed by atoms with E-state index in [4.69, 9.17) is 16.7 Å². The first kappa shape index (κ1) is 23.1. The summed E-state index contributed by atoms with van der Waals surface area (Å²) < 4.78 is 28.7. The molecule has 0 bridgehead atoms. The summed E-state index contributed by atoms with van der Waals surface area (Å²) in [6.07, 6.45) is 4.35. The van der Waals surface area contributed by atoms with Gasteiger partial charge in [-0.15, -0.1) is 17.9 Å². The van der Waals surface area contributed by atoms with Crippen LogP contribution in [-0.4, -0.2) is 28.8 Å². The van der Waals surface area contributed by atoms with Crippen LogP contribution in [0.2, 0.25) is 5.02 Å². The Morgan fingerprint density at radius 3 is 2.61 bits per heavy atom. The summed E-state index contributed by atoms with van der Waals surface area (Å²) in [6.45, 7) is 3.95. The second-order valence-corrected chi connectivity index (χ2v) is 10.4. The Balaban J connectivity index is 1.97. The SMILES string of the molecule is C=CC(c1cccnc1)S(=O)(=O)N(Cc1cccc(CC(=O)O)c1)Cc1cc(Cl)cs1. The van der Waals surface area contributed by atoms with Crippen molar-refractivity contribution in [1.82, 2.24) is 9.29 Å². The van der Waals surface area contributed by atoms with Crippen molar-refractivity contribution in [2.75, 3.05) is 0 Å². The fourth-order valence-electron chi connectivity index (χ4n) is 3.20. The van der Waals surface area contributed by atoms with Gasteiger partial charge in [-0.2, -0.15) is 4.31 Å². The zero-order valence-corrected chi connectivity index (χ0v) is 18.9. The molecule has 0 spiro atoms. The van der Waals surface area contributed by atoms with Gasteiger partial charge < -0.3 is 5.11 Å². The van der Waals surface area contributed by atoms with Crippen LogP contribution in [0.1, 0.15) is 26.8 Å². The maximum atomic E-state index is 13.6. The van der Waals surface area contributed by atoms with Crippen molar-refractivity contribution in [3.63, 3.8) is 0 Å². The number of hydrogen-bond acceptors (Lipinski definition) is 5. The van der Waals surface area contributed by atoms with Gasteiger partial charge in [0.15, 0.2) is 0 Å². The molecule has 2 heterocycles. The van der Waals surface area contributed by atoms with E-state index in [0.717, 1.165) is 4.88 Å². The predicted molar refractivity (Wildman–Crippen MR) is 122 cm³/mol. The molecule has 3 aromatic rings. The molecular formula is C22H21ClN2O4S2. The molecule has 9 heteroatoms. The Bertz CT molecular complexity index is 1160. The number of aliphatic carboxylic acids is 1. The predicted octanol–water partition coefficient (Wildman–Crippen LogP) is 4.68. The van der Waals surface area contributed by atoms with E-state index < -0.39 is 21.2 Å². The van der Waals surface area contributed by atoms with Crippen LogP contribution in [0.15, 0.2) is 72.9 Å². The number of pyridine rings is 1. The first-order valence-electron chi connectivity index (χ1n) is 9.33. The lowest BCUT2D eigenvalue weighted by atomic mass is 10.1.